The molecule has 4 nitrogen and oxygen atoms in total. The molecular weight excluding hydrogens is 400 g/mol. The third-order valence-electron chi connectivity index (χ3n) is 4.62. The first-order valence-electron chi connectivity index (χ1n) is 11.5. The topological polar surface area (TPSA) is 44.8 Å². The van der Waals surface area contributed by atoms with Crippen molar-refractivity contribution in [3.8, 4) is 17.2 Å². The van der Waals surface area contributed by atoms with Crippen LogP contribution >= 0.6 is 0 Å². The number of ether oxygens (including phenoxy) is 3. The smallest absolute Gasteiger partial charge is 0.185 e. The minimum atomic E-state index is -0.179. The fraction of sp³-hybridized carbons (Fsp3) is 0.464. The second kappa shape index (κ2) is 11.2. The van der Waals surface area contributed by atoms with Crippen molar-refractivity contribution in [2.75, 3.05) is 6.61 Å². The average Bonchev–Trinajstić information content (AvgIpc) is 2.68. The molecule has 0 saturated carbocycles. The molecule has 0 aliphatic rings. The van der Waals surface area contributed by atoms with Gasteiger partial charge in [0.25, 0.3) is 0 Å². The number of hydrogen-bond acceptors (Lipinski definition) is 4. The Hall–Kier alpha value is -2.75. The van der Waals surface area contributed by atoms with E-state index in [1.54, 1.807) is 18.2 Å². The molecule has 0 spiro atoms. The van der Waals surface area contributed by atoms with Crippen LogP contribution in [0.15, 0.2) is 42.5 Å². The number of carbonyl (C=O) groups is 1. The zero-order valence-corrected chi connectivity index (χ0v) is 20.8. The molecule has 0 heterocycles. The molecular formula is C28H38O4. The van der Waals surface area contributed by atoms with Gasteiger partial charge in [-0.05, 0) is 81.5 Å². The van der Waals surface area contributed by atoms with Crippen LogP contribution in [-0.4, -0.2) is 24.6 Å². The lowest BCUT2D eigenvalue weighted by Crippen LogP contribution is -2.18. The molecule has 4 heteroatoms. The first kappa shape index (κ1) is 25.5. The highest BCUT2D eigenvalue weighted by atomic mass is 16.5. The highest BCUT2D eigenvalue weighted by Crippen LogP contribution is 2.39. The van der Waals surface area contributed by atoms with Crippen molar-refractivity contribution in [1.82, 2.24) is 0 Å². The van der Waals surface area contributed by atoms with Crippen molar-refractivity contribution in [3.63, 3.8) is 0 Å². The van der Waals surface area contributed by atoms with E-state index < -0.39 is 0 Å². The normalized spacial score (nSPS) is 11.9. The largest absolute Gasteiger partial charge is 0.494 e. The van der Waals surface area contributed by atoms with Crippen molar-refractivity contribution in [3.05, 3.63) is 59.2 Å². The fourth-order valence-electron chi connectivity index (χ4n) is 3.43. The van der Waals surface area contributed by atoms with E-state index >= 15 is 0 Å². The zero-order chi connectivity index (χ0) is 23.9. The molecule has 0 atom stereocenters. The van der Waals surface area contributed by atoms with Crippen LogP contribution in [0.3, 0.4) is 0 Å². The van der Waals surface area contributed by atoms with Crippen LogP contribution in [0.1, 0.15) is 83.3 Å². The molecule has 0 aromatic heterocycles. The van der Waals surface area contributed by atoms with Gasteiger partial charge in [0.2, 0.25) is 0 Å². The maximum absolute atomic E-state index is 12.8. The van der Waals surface area contributed by atoms with Gasteiger partial charge < -0.3 is 14.2 Å². The quantitative estimate of drug-likeness (QED) is 0.290. The second-order valence-electron chi connectivity index (χ2n) is 9.54. The summed E-state index contributed by atoms with van der Waals surface area (Å²) in [7, 11) is 0. The Morgan fingerprint density at radius 3 is 2.09 bits per heavy atom. The summed E-state index contributed by atoms with van der Waals surface area (Å²) in [6, 6.07) is 11.2. The van der Waals surface area contributed by atoms with E-state index in [9.17, 15) is 4.79 Å². The van der Waals surface area contributed by atoms with Gasteiger partial charge in [-0.15, -0.1) is 0 Å². The molecule has 0 amide bonds. The summed E-state index contributed by atoms with van der Waals surface area (Å²) in [5, 5.41) is 0. The van der Waals surface area contributed by atoms with Crippen LogP contribution in [-0.2, 0) is 5.41 Å². The van der Waals surface area contributed by atoms with Gasteiger partial charge in [0.15, 0.2) is 5.78 Å². The summed E-state index contributed by atoms with van der Waals surface area (Å²) < 4.78 is 17.7. The number of carbonyl (C=O) groups excluding carboxylic acids is 1. The van der Waals surface area contributed by atoms with Crippen molar-refractivity contribution < 1.29 is 19.0 Å². The summed E-state index contributed by atoms with van der Waals surface area (Å²) in [4.78, 5) is 12.8. The molecule has 2 rings (SSSR count). The van der Waals surface area contributed by atoms with Gasteiger partial charge in [-0.3, -0.25) is 4.79 Å². The number of rotatable bonds is 10. The Labute approximate surface area is 193 Å². The summed E-state index contributed by atoms with van der Waals surface area (Å²) >= 11 is 0. The van der Waals surface area contributed by atoms with Crippen LogP contribution in [0.4, 0.5) is 0 Å². The van der Waals surface area contributed by atoms with E-state index in [-0.39, 0.29) is 23.4 Å². The molecule has 2 aromatic carbocycles. The average molecular weight is 439 g/mol. The molecule has 0 N–H and O–H groups in total. The van der Waals surface area contributed by atoms with Crippen molar-refractivity contribution in [1.29, 1.82) is 0 Å². The Morgan fingerprint density at radius 1 is 0.938 bits per heavy atom. The Balaban J connectivity index is 2.42. The number of hydrogen-bond donors (Lipinski definition) is 0. The predicted molar refractivity (Wildman–Crippen MR) is 132 cm³/mol. The molecule has 0 radical (unpaired) electrons. The monoisotopic (exact) mass is 438 g/mol. The highest BCUT2D eigenvalue weighted by molar-refractivity contribution is 6.07. The fourth-order valence-corrected chi connectivity index (χ4v) is 3.43. The third kappa shape index (κ3) is 7.44. The maximum Gasteiger partial charge on any atom is 0.185 e. The van der Waals surface area contributed by atoms with Gasteiger partial charge in [-0.2, -0.15) is 0 Å². The molecule has 0 bridgehead atoms. The van der Waals surface area contributed by atoms with Crippen molar-refractivity contribution in [2.45, 2.75) is 79.4 Å². The van der Waals surface area contributed by atoms with E-state index in [1.807, 2.05) is 58.0 Å². The van der Waals surface area contributed by atoms with Crippen molar-refractivity contribution >= 4 is 11.9 Å². The molecule has 0 unspecified atom stereocenters. The van der Waals surface area contributed by atoms with E-state index in [0.717, 1.165) is 34.8 Å². The molecule has 2 aromatic rings. The second-order valence-corrected chi connectivity index (χ2v) is 9.54. The predicted octanol–water partition coefficient (Wildman–Crippen LogP) is 7.24. The SMILES string of the molecule is CCCOc1ccc(C(=O)/C=C/c2cc(OC(C)C)cc(OC(C)C)c2C(C)(C)C)cc1. The van der Waals surface area contributed by atoms with Gasteiger partial charge in [-0.1, -0.05) is 33.8 Å². The minimum Gasteiger partial charge on any atom is -0.494 e. The van der Waals surface area contributed by atoms with E-state index in [4.69, 9.17) is 14.2 Å². The van der Waals surface area contributed by atoms with Gasteiger partial charge in [0.05, 0.1) is 18.8 Å². The molecule has 32 heavy (non-hydrogen) atoms. The summed E-state index contributed by atoms with van der Waals surface area (Å²) in [6.07, 6.45) is 4.49. The van der Waals surface area contributed by atoms with Gasteiger partial charge >= 0.3 is 0 Å². The van der Waals surface area contributed by atoms with Crippen LogP contribution < -0.4 is 14.2 Å². The van der Waals surface area contributed by atoms with Gasteiger partial charge in [-0.25, -0.2) is 0 Å². The molecule has 0 aliphatic carbocycles. The number of ketones is 1. The molecule has 0 aliphatic heterocycles. The first-order valence-corrected chi connectivity index (χ1v) is 11.5. The van der Waals surface area contributed by atoms with Gasteiger partial charge in [0, 0.05) is 17.2 Å². The van der Waals surface area contributed by atoms with E-state index in [2.05, 4.69) is 27.7 Å². The lowest BCUT2D eigenvalue weighted by molar-refractivity contribution is 0.104. The number of allylic oxidation sites excluding steroid dienone is 1. The zero-order valence-electron chi connectivity index (χ0n) is 20.8. The summed E-state index contributed by atoms with van der Waals surface area (Å²) in [5.74, 6) is 2.23. The molecule has 0 fully saturated rings. The maximum atomic E-state index is 12.8. The summed E-state index contributed by atoms with van der Waals surface area (Å²) in [5.41, 5.74) is 2.41. The standard InChI is InChI=1S/C28H38O4/c1-9-16-30-23-13-10-21(11-14-23)25(29)15-12-22-17-24(31-19(2)3)18-26(32-20(4)5)27(22)28(6,7)8/h10-15,17-20H,9,16H2,1-8H3/b15-12+. The van der Waals surface area contributed by atoms with Crippen LogP contribution in [0.2, 0.25) is 0 Å². The van der Waals surface area contributed by atoms with Gasteiger partial charge in [0.1, 0.15) is 17.2 Å². The first-order chi connectivity index (χ1) is 15.0. The number of benzene rings is 2. The Morgan fingerprint density at radius 2 is 1.56 bits per heavy atom. The Bertz CT molecular complexity index is 916. The van der Waals surface area contributed by atoms with E-state index in [1.165, 1.54) is 0 Å². The lowest BCUT2D eigenvalue weighted by Gasteiger charge is -2.27. The third-order valence-corrected chi connectivity index (χ3v) is 4.62. The Kier molecular flexibility index (Phi) is 8.94. The summed E-state index contributed by atoms with van der Waals surface area (Å²) in [6.45, 7) is 17.2. The minimum absolute atomic E-state index is 0.0253. The highest BCUT2D eigenvalue weighted by Gasteiger charge is 2.24. The lowest BCUT2D eigenvalue weighted by atomic mass is 9.82. The molecule has 174 valence electrons. The van der Waals surface area contributed by atoms with E-state index in [0.29, 0.717) is 12.2 Å². The molecule has 0 saturated heterocycles. The van der Waals surface area contributed by atoms with Crippen molar-refractivity contribution in [2.24, 2.45) is 0 Å². The van der Waals surface area contributed by atoms with Crippen LogP contribution in [0.25, 0.3) is 6.08 Å². The van der Waals surface area contributed by atoms with Crippen LogP contribution in [0, 0.1) is 0 Å². The van der Waals surface area contributed by atoms with Crippen LogP contribution in [0.5, 0.6) is 17.2 Å².